The van der Waals surface area contributed by atoms with Gasteiger partial charge in [-0.25, -0.2) is 9.18 Å². The molecule has 0 atom stereocenters. The van der Waals surface area contributed by atoms with Crippen LogP contribution < -0.4 is 15.8 Å². The smallest absolute Gasteiger partial charge is 0.410 e. The van der Waals surface area contributed by atoms with Gasteiger partial charge in [-0.15, -0.1) is 11.3 Å². The largest absolute Gasteiger partial charge is 0.497 e. The van der Waals surface area contributed by atoms with Gasteiger partial charge in [-0.2, -0.15) is 0 Å². The SMILES string of the molecule is CCOC(=O)N1CCc2c(sc(NC(=O)/C=C/c3ccc(OC)cc3F)c2N)C1. The second kappa shape index (κ2) is 8.95. The van der Waals surface area contributed by atoms with E-state index in [0.717, 1.165) is 10.4 Å². The first-order valence-electron chi connectivity index (χ1n) is 9.07. The summed E-state index contributed by atoms with van der Waals surface area (Å²) in [6.45, 7) is 2.98. The Hall–Kier alpha value is -3.07. The molecule has 0 bridgehead atoms. The molecule has 0 spiro atoms. The molecule has 0 unspecified atom stereocenters. The maximum atomic E-state index is 14.0. The highest BCUT2D eigenvalue weighted by Gasteiger charge is 2.26. The number of nitrogens with one attached hydrogen (secondary N) is 1. The second-order valence-corrected chi connectivity index (χ2v) is 7.43. The van der Waals surface area contributed by atoms with Crippen molar-refractivity contribution in [1.82, 2.24) is 4.90 Å². The molecule has 1 aromatic carbocycles. The normalized spacial score (nSPS) is 13.3. The van der Waals surface area contributed by atoms with Crippen molar-refractivity contribution < 1.29 is 23.5 Å². The number of ether oxygens (including phenoxy) is 2. The van der Waals surface area contributed by atoms with E-state index in [1.54, 1.807) is 17.9 Å². The number of hydrogen-bond donors (Lipinski definition) is 2. The highest BCUT2D eigenvalue weighted by molar-refractivity contribution is 7.17. The fourth-order valence-electron chi connectivity index (χ4n) is 2.98. The summed E-state index contributed by atoms with van der Waals surface area (Å²) in [5, 5.41) is 3.25. The summed E-state index contributed by atoms with van der Waals surface area (Å²) < 4.78 is 24.0. The molecule has 0 saturated heterocycles. The van der Waals surface area contributed by atoms with Crippen molar-refractivity contribution in [2.45, 2.75) is 19.9 Å². The van der Waals surface area contributed by atoms with Gasteiger partial charge in [0.2, 0.25) is 5.91 Å². The molecule has 1 aromatic heterocycles. The van der Waals surface area contributed by atoms with E-state index in [-0.39, 0.29) is 11.7 Å². The summed E-state index contributed by atoms with van der Waals surface area (Å²) in [4.78, 5) is 26.7. The van der Waals surface area contributed by atoms with E-state index in [1.165, 1.54) is 42.7 Å². The number of carbonyl (C=O) groups is 2. The highest BCUT2D eigenvalue weighted by atomic mass is 32.1. The van der Waals surface area contributed by atoms with Crippen molar-refractivity contribution in [3.05, 3.63) is 46.1 Å². The molecule has 0 aliphatic carbocycles. The fraction of sp³-hybridized carbons (Fsp3) is 0.300. The lowest BCUT2D eigenvalue weighted by molar-refractivity contribution is -0.111. The Morgan fingerprint density at radius 2 is 2.21 bits per heavy atom. The third-order valence-corrected chi connectivity index (χ3v) is 5.63. The van der Waals surface area contributed by atoms with Gasteiger partial charge in [-0.1, -0.05) is 0 Å². The van der Waals surface area contributed by atoms with Crippen molar-refractivity contribution in [3.63, 3.8) is 0 Å². The lowest BCUT2D eigenvalue weighted by atomic mass is 10.1. The Labute approximate surface area is 171 Å². The molecule has 154 valence electrons. The quantitative estimate of drug-likeness (QED) is 0.722. The number of carbonyl (C=O) groups excluding carboxylic acids is 2. The number of nitrogens with two attached hydrogens (primary N) is 1. The van der Waals surface area contributed by atoms with Crippen molar-refractivity contribution in [2.24, 2.45) is 0 Å². The summed E-state index contributed by atoms with van der Waals surface area (Å²) in [6, 6.07) is 4.39. The maximum absolute atomic E-state index is 14.0. The van der Waals surface area contributed by atoms with Gasteiger partial charge >= 0.3 is 6.09 Å². The summed E-state index contributed by atoms with van der Waals surface area (Å²) in [5.41, 5.74) is 7.89. The fourth-order valence-corrected chi connectivity index (χ4v) is 4.17. The Balaban J connectivity index is 1.68. The minimum atomic E-state index is -0.487. The Kier molecular flexibility index (Phi) is 6.38. The van der Waals surface area contributed by atoms with Gasteiger partial charge in [0.1, 0.15) is 16.6 Å². The average molecular weight is 419 g/mol. The molecule has 9 heteroatoms. The van der Waals surface area contributed by atoms with Gasteiger partial charge < -0.3 is 25.4 Å². The molecule has 7 nitrogen and oxygen atoms in total. The van der Waals surface area contributed by atoms with Gasteiger partial charge in [0, 0.05) is 29.1 Å². The van der Waals surface area contributed by atoms with Gasteiger partial charge in [0.05, 0.1) is 25.9 Å². The number of halogens is 1. The molecule has 3 N–H and O–H groups in total. The van der Waals surface area contributed by atoms with Crippen LogP contribution in [0.25, 0.3) is 6.08 Å². The highest BCUT2D eigenvalue weighted by Crippen LogP contribution is 2.39. The second-order valence-electron chi connectivity index (χ2n) is 6.33. The van der Waals surface area contributed by atoms with Crippen LogP contribution >= 0.6 is 11.3 Å². The Morgan fingerprint density at radius 3 is 2.90 bits per heavy atom. The number of anilines is 2. The number of rotatable bonds is 5. The van der Waals surface area contributed by atoms with Crippen LogP contribution in [0.3, 0.4) is 0 Å². The monoisotopic (exact) mass is 419 g/mol. The molecule has 2 aromatic rings. The molecular weight excluding hydrogens is 397 g/mol. The number of amides is 2. The van der Waals surface area contributed by atoms with E-state index in [9.17, 15) is 14.0 Å². The van der Waals surface area contributed by atoms with Crippen molar-refractivity contribution >= 4 is 40.1 Å². The minimum Gasteiger partial charge on any atom is -0.497 e. The molecular formula is C20H22FN3O4S. The maximum Gasteiger partial charge on any atom is 0.410 e. The number of nitrogens with zero attached hydrogens (tertiary/aromatic N) is 1. The number of thiophene rings is 1. The number of methoxy groups -OCH3 is 1. The first-order valence-corrected chi connectivity index (χ1v) is 9.88. The summed E-state index contributed by atoms with van der Waals surface area (Å²) in [5.74, 6) is -0.510. The Morgan fingerprint density at radius 1 is 1.41 bits per heavy atom. The predicted octanol–water partition coefficient (Wildman–Crippen LogP) is 3.64. The first-order chi connectivity index (χ1) is 13.9. The van der Waals surface area contributed by atoms with Crippen LogP contribution in [-0.2, 0) is 22.5 Å². The lowest BCUT2D eigenvalue weighted by Crippen LogP contribution is -2.35. The molecule has 2 amide bonds. The standard InChI is InChI=1S/C20H22FN3O4S/c1-3-28-20(26)24-9-8-14-16(11-24)29-19(18(14)22)23-17(25)7-5-12-4-6-13(27-2)10-15(12)21/h4-7,10H,3,8-9,11,22H2,1-2H3,(H,23,25)/b7-5+. The van der Waals surface area contributed by atoms with E-state index in [2.05, 4.69) is 5.32 Å². The third-order valence-electron chi connectivity index (χ3n) is 4.48. The third kappa shape index (κ3) is 4.68. The zero-order chi connectivity index (χ0) is 21.0. The molecule has 0 fully saturated rings. The lowest BCUT2D eigenvalue weighted by Gasteiger charge is -2.26. The first kappa shape index (κ1) is 20.7. The average Bonchev–Trinajstić information content (AvgIpc) is 3.01. The summed E-state index contributed by atoms with van der Waals surface area (Å²) in [7, 11) is 1.45. The van der Waals surface area contributed by atoms with E-state index in [4.69, 9.17) is 15.2 Å². The van der Waals surface area contributed by atoms with Crippen LogP contribution in [0.4, 0.5) is 19.9 Å². The van der Waals surface area contributed by atoms with Crippen LogP contribution in [0.5, 0.6) is 5.75 Å². The van der Waals surface area contributed by atoms with Crippen LogP contribution in [-0.4, -0.2) is 37.2 Å². The molecule has 2 heterocycles. The van der Waals surface area contributed by atoms with E-state index in [0.29, 0.717) is 42.6 Å². The predicted molar refractivity (Wildman–Crippen MR) is 110 cm³/mol. The van der Waals surface area contributed by atoms with Crippen LogP contribution in [0, 0.1) is 5.82 Å². The molecule has 0 radical (unpaired) electrons. The zero-order valence-electron chi connectivity index (χ0n) is 16.2. The van der Waals surface area contributed by atoms with Crippen molar-refractivity contribution in [3.8, 4) is 5.75 Å². The number of benzene rings is 1. The molecule has 1 aliphatic rings. The molecule has 29 heavy (non-hydrogen) atoms. The number of fused-ring (bicyclic) bond motifs is 1. The zero-order valence-corrected chi connectivity index (χ0v) is 17.0. The topological polar surface area (TPSA) is 93.9 Å². The van der Waals surface area contributed by atoms with Gasteiger partial charge in [0.25, 0.3) is 0 Å². The van der Waals surface area contributed by atoms with Crippen LogP contribution in [0.2, 0.25) is 0 Å². The number of nitrogen functional groups attached to an aromatic ring is 1. The van der Waals surface area contributed by atoms with Crippen LogP contribution in [0.15, 0.2) is 24.3 Å². The van der Waals surface area contributed by atoms with Gasteiger partial charge in [-0.3, -0.25) is 4.79 Å². The molecule has 1 aliphatic heterocycles. The number of hydrogen-bond acceptors (Lipinski definition) is 6. The van der Waals surface area contributed by atoms with Crippen LogP contribution in [0.1, 0.15) is 22.9 Å². The van der Waals surface area contributed by atoms with E-state index in [1.807, 2.05) is 0 Å². The van der Waals surface area contributed by atoms with Gasteiger partial charge in [0.15, 0.2) is 0 Å². The minimum absolute atomic E-state index is 0.268. The van der Waals surface area contributed by atoms with E-state index >= 15 is 0 Å². The van der Waals surface area contributed by atoms with Crippen molar-refractivity contribution in [2.75, 3.05) is 31.3 Å². The summed E-state index contributed by atoms with van der Waals surface area (Å²) >= 11 is 1.33. The molecule has 3 rings (SSSR count). The van der Waals surface area contributed by atoms with Crippen molar-refractivity contribution in [1.29, 1.82) is 0 Å². The Bertz CT molecular complexity index is 957. The summed E-state index contributed by atoms with van der Waals surface area (Å²) in [6.07, 6.45) is 2.86. The van der Waals surface area contributed by atoms with Gasteiger partial charge in [-0.05, 0) is 37.1 Å². The molecule has 0 saturated carbocycles. The van der Waals surface area contributed by atoms with E-state index < -0.39 is 11.7 Å².